The van der Waals surface area contributed by atoms with Crippen LogP contribution in [0, 0.1) is 5.92 Å². The van der Waals surface area contributed by atoms with Gasteiger partial charge in [0.05, 0.1) is 6.10 Å². The van der Waals surface area contributed by atoms with E-state index in [-0.39, 0.29) is 17.8 Å². The van der Waals surface area contributed by atoms with Crippen molar-refractivity contribution in [3.8, 4) is 0 Å². The second-order valence-electron chi connectivity index (χ2n) is 4.91. The van der Waals surface area contributed by atoms with E-state index in [4.69, 9.17) is 16.3 Å². The predicted molar refractivity (Wildman–Crippen MR) is 75.3 cm³/mol. The van der Waals surface area contributed by atoms with Crippen molar-refractivity contribution >= 4 is 23.4 Å². The topological polar surface area (TPSA) is 43.4 Å². The van der Waals surface area contributed by atoms with E-state index < -0.39 is 11.9 Å². The molecule has 0 bridgehead atoms. The molecule has 1 rings (SSSR count). The van der Waals surface area contributed by atoms with Crippen LogP contribution in [0.3, 0.4) is 0 Å². The van der Waals surface area contributed by atoms with Gasteiger partial charge in [0.2, 0.25) is 0 Å². The molecule has 1 aromatic carbocycles. The highest BCUT2D eigenvalue weighted by molar-refractivity contribution is 6.30. The number of halogens is 1. The molecule has 4 heteroatoms. The van der Waals surface area contributed by atoms with Gasteiger partial charge in [-0.2, -0.15) is 0 Å². The van der Waals surface area contributed by atoms with Gasteiger partial charge in [-0.15, -0.1) is 0 Å². The summed E-state index contributed by atoms with van der Waals surface area (Å²) in [7, 11) is 0. The van der Waals surface area contributed by atoms with Gasteiger partial charge in [0, 0.05) is 10.9 Å². The van der Waals surface area contributed by atoms with E-state index in [0.717, 1.165) is 5.56 Å². The van der Waals surface area contributed by atoms with Gasteiger partial charge in [0.25, 0.3) is 0 Å². The van der Waals surface area contributed by atoms with E-state index in [2.05, 4.69) is 0 Å². The van der Waals surface area contributed by atoms with Crippen LogP contribution in [0.1, 0.15) is 39.2 Å². The Hall–Kier alpha value is -1.35. The van der Waals surface area contributed by atoms with Crippen LogP contribution in [0.25, 0.3) is 0 Å². The SMILES string of the molecule is CC(=O)C(C(=O)OC(C)C)C(C)c1ccc(Cl)cc1. The van der Waals surface area contributed by atoms with Crippen LogP contribution < -0.4 is 0 Å². The molecule has 0 N–H and O–H groups in total. The molecular formula is C15H19ClO3. The Labute approximate surface area is 118 Å². The van der Waals surface area contributed by atoms with Crippen LogP contribution >= 0.6 is 11.6 Å². The Morgan fingerprint density at radius 3 is 2.05 bits per heavy atom. The van der Waals surface area contributed by atoms with E-state index in [1.165, 1.54) is 6.92 Å². The maximum atomic E-state index is 12.0. The minimum atomic E-state index is -0.774. The number of benzene rings is 1. The summed E-state index contributed by atoms with van der Waals surface area (Å²) < 4.78 is 5.15. The van der Waals surface area contributed by atoms with Crippen molar-refractivity contribution in [3.05, 3.63) is 34.9 Å². The fraction of sp³-hybridized carbons (Fsp3) is 0.467. The Bertz CT molecular complexity index is 451. The maximum Gasteiger partial charge on any atom is 0.317 e. The average Bonchev–Trinajstić information content (AvgIpc) is 2.28. The number of esters is 1. The Morgan fingerprint density at radius 1 is 1.11 bits per heavy atom. The van der Waals surface area contributed by atoms with Gasteiger partial charge in [0.1, 0.15) is 11.7 Å². The van der Waals surface area contributed by atoms with Crippen molar-refractivity contribution in [3.63, 3.8) is 0 Å². The third-order valence-corrected chi connectivity index (χ3v) is 3.19. The molecule has 104 valence electrons. The number of ketones is 1. The molecule has 0 spiro atoms. The fourth-order valence-corrected chi connectivity index (χ4v) is 2.11. The minimum Gasteiger partial charge on any atom is -0.462 e. The molecular weight excluding hydrogens is 264 g/mol. The van der Waals surface area contributed by atoms with Crippen LogP contribution in [0.5, 0.6) is 0 Å². The molecule has 0 amide bonds. The van der Waals surface area contributed by atoms with Crippen LogP contribution in [-0.2, 0) is 14.3 Å². The van der Waals surface area contributed by atoms with E-state index in [1.807, 2.05) is 19.1 Å². The molecule has 0 aliphatic rings. The summed E-state index contributed by atoms with van der Waals surface area (Å²) in [6.07, 6.45) is -0.230. The Balaban J connectivity index is 2.96. The first-order chi connectivity index (χ1) is 8.82. The highest BCUT2D eigenvalue weighted by atomic mass is 35.5. The number of carbonyl (C=O) groups is 2. The largest absolute Gasteiger partial charge is 0.462 e. The highest BCUT2D eigenvalue weighted by Gasteiger charge is 2.32. The van der Waals surface area contributed by atoms with Gasteiger partial charge in [-0.05, 0) is 38.5 Å². The van der Waals surface area contributed by atoms with Gasteiger partial charge >= 0.3 is 5.97 Å². The number of hydrogen-bond donors (Lipinski definition) is 0. The predicted octanol–water partition coefficient (Wildman–Crippen LogP) is 3.60. The van der Waals surface area contributed by atoms with Gasteiger partial charge in [-0.25, -0.2) is 0 Å². The van der Waals surface area contributed by atoms with Crippen LogP contribution in [-0.4, -0.2) is 17.9 Å². The van der Waals surface area contributed by atoms with Crippen molar-refractivity contribution in [2.24, 2.45) is 5.92 Å². The zero-order valence-corrected chi connectivity index (χ0v) is 12.4. The van der Waals surface area contributed by atoms with Crippen molar-refractivity contribution in [2.45, 2.75) is 39.7 Å². The second-order valence-corrected chi connectivity index (χ2v) is 5.35. The highest BCUT2D eigenvalue weighted by Crippen LogP contribution is 2.27. The summed E-state index contributed by atoms with van der Waals surface area (Å²) in [6.45, 7) is 6.79. The zero-order chi connectivity index (χ0) is 14.6. The van der Waals surface area contributed by atoms with Crippen LogP contribution in [0.2, 0.25) is 5.02 Å². The molecule has 0 heterocycles. The Kier molecular flexibility index (Phi) is 5.55. The van der Waals surface area contributed by atoms with Crippen molar-refractivity contribution in [1.29, 1.82) is 0 Å². The molecule has 0 saturated heterocycles. The smallest absolute Gasteiger partial charge is 0.317 e. The summed E-state index contributed by atoms with van der Waals surface area (Å²) in [4.78, 5) is 23.7. The summed E-state index contributed by atoms with van der Waals surface area (Å²) >= 11 is 5.83. The molecule has 0 aliphatic heterocycles. The van der Waals surface area contributed by atoms with Gasteiger partial charge in [0.15, 0.2) is 0 Å². The van der Waals surface area contributed by atoms with E-state index in [9.17, 15) is 9.59 Å². The Morgan fingerprint density at radius 2 is 1.63 bits per heavy atom. The lowest BCUT2D eigenvalue weighted by Gasteiger charge is -2.21. The molecule has 0 aromatic heterocycles. The quantitative estimate of drug-likeness (QED) is 0.612. The molecule has 1 aromatic rings. The molecule has 2 unspecified atom stereocenters. The summed E-state index contributed by atoms with van der Waals surface area (Å²) in [5.41, 5.74) is 0.894. The first-order valence-electron chi connectivity index (χ1n) is 6.29. The van der Waals surface area contributed by atoms with Crippen LogP contribution in [0.4, 0.5) is 0 Å². The first-order valence-corrected chi connectivity index (χ1v) is 6.67. The maximum absolute atomic E-state index is 12.0. The number of ether oxygens (including phenoxy) is 1. The number of hydrogen-bond acceptors (Lipinski definition) is 3. The second kappa shape index (κ2) is 6.71. The van der Waals surface area contributed by atoms with E-state index in [0.29, 0.717) is 5.02 Å². The van der Waals surface area contributed by atoms with Crippen molar-refractivity contribution in [2.75, 3.05) is 0 Å². The van der Waals surface area contributed by atoms with Gasteiger partial charge in [-0.3, -0.25) is 9.59 Å². The first kappa shape index (κ1) is 15.7. The molecule has 0 fully saturated rings. The number of Topliss-reactive ketones (excluding diaryl/α,β-unsaturated/α-hetero) is 1. The molecule has 0 radical (unpaired) electrons. The molecule has 2 atom stereocenters. The number of rotatable bonds is 5. The molecule has 19 heavy (non-hydrogen) atoms. The third kappa shape index (κ3) is 4.35. The lowest BCUT2D eigenvalue weighted by Crippen LogP contribution is -2.30. The zero-order valence-electron chi connectivity index (χ0n) is 11.6. The average molecular weight is 283 g/mol. The lowest BCUT2D eigenvalue weighted by molar-refractivity contribution is -0.155. The van der Waals surface area contributed by atoms with E-state index in [1.54, 1.807) is 26.0 Å². The van der Waals surface area contributed by atoms with E-state index >= 15 is 0 Å². The lowest BCUT2D eigenvalue weighted by atomic mass is 9.85. The normalized spacial score (nSPS) is 14.0. The summed E-state index contributed by atoms with van der Waals surface area (Å²) in [5, 5.41) is 0.625. The van der Waals surface area contributed by atoms with Gasteiger partial charge < -0.3 is 4.74 Å². The standard InChI is InChI=1S/C15H19ClO3/c1-9(2)19-15(18)14(11(4)17)10(3)12-5-7-13(16)8-6-12/h5-10,14H,1-4H3. The van der Waals surface area contributed by atoms with Gasteiger partial charge in [-0.1, -0.05) is 30.7 Å². The molecule has 0 aliphatic carbocycles. The summed E-state index contributed by atoms with van der Waals surface area (Å²) in [6, 6.07) is 7.15. The fourth-order valence-electron chi connectivity index (χ4n) is 1.99. The third-order valence-electron chi connectivity index (χ3n) is 2.94. The number of carbonyl (C=O) groups excluding carboxylic acids is 2. The molecule has 3 nitrogen and oxygen atoms in total. The minimum absolute atomic E-state index is 0.187. The molecule has 0 saturated carbocycles. The monoisotopic (exact) mass is 282 g/mol. The van der Waals surface area contributed by atoms with Crippen LogP contribution in [0.15, 0.2) is 24.3 Å². The summed E-state index contributed by atoms with van der Waals surface area (Å²) in [5.74, 6) is -1.66. The van der Waals surface area contributed by atoms with Crippen molar-refractivity contribution in [1.82, 2.24) is 0 Å². The van der Waals surface area contributed by atoms with Crippen molar-refractivity contribution < 1.29 is 14.3 Å².